The van der Waals surface area contributed by atoms with Crippen molar-refractivity contribution in [3.8, 4) is 0 Å². The van der Waals surface area contributed by atoms with Crippen molar-refractivity contribution in [2.24, 2.45) is 0 Å². The van der Waals surface area contributed by atoms with Crippen molar-refractivity contribution < 1.29 is 4.39 Å². The van der Waals surface area contributed by atoms with E-state index in [-0.39, 0.29) is 11.7 Å². The number of halogens is 2. The normalized spacial score (nSPS) is 21.5. The molecule has 1 aromatic carbocycles. The summed E-state index contributed by atoms with van der Waals surface area (Å²) >= 11 is 6.11. The summed E-state index contributed by atoms with van der Waals surface area (Å²) in [5, 5.41) is 3.82. The van der Waals surface area contributed by atoms with Crippen LogP contribution in [0.5, 0.6) is 0 Å². The molecule has 0 aromatic heterocycles. The first-order chi connectivity index (χ1) is 6.70. The van der Waals surface area contributed by atoms with Crippen LogP contribution in [0.25, 0.3) is 0 Å². The fraction of sp³-hybridized carbons (Fsp3) is 0.455. The van der Waals surface area contributed by atoms with Crippen LogP contribution in [0.4, 0.5) is 4.39 Å². The molecular weight excluding hydrogens is 201 g/mol. The van der Waals surface area contributed by atoms with Gasteiger partial charge in [-0.25, -0.2) is 4.39 Å². The number of hydrogen-bond acceptors (Lipinski definition) is 1. The van der Waals surface area contributed by atoms with E-state index in [1.165, 1.54) is 6.07 Å². The molecule has 76 valence electrons. The second-order valence-corrected chi connectivity index (χ2v) is 4.16. The van der Waals surface area contributed by atoms with Crippen molar-refractivity contribution in [2.45, 2.75) is 19.3 Å². The molecule has 2 rings (SSSR count). The van der Waals surface area contributed by atoms with Crippen LogP contribution in [0.15, 0.2) is 12.1 Å². The SMILES string of the molecule is Cc1ccc(F)c(C2CCNC2)c1Cl. The summed E-state index contributed by atoms with van der Waals surface area (Å²) in [5.41, 5.74) is 1.65. The Bertz CT molecular complexity index is 345. The molecule has 1 atom stereocenters. The van der Waals surface area contributed by atoms with E-state index in [0.717, 1.165) is 25.1 Å². The van der Waals surface area contributed by atoms with Crippen LogP contribution < -0.4 is 5.32 Å². The first kappa shape index (κ1) is 9.94. The zero-order chi connectivity index (χ0) is 10.1. The van der Waals surface area contributed by atoms with Gasteiger partial charge in [0.15, 0.2) is 0 Å². The molecule has 1 N–H and O–H groups in total. The van der Waals surface area contributed by atoms with Crippen molar-refractivity contribution in [2.75, 3.05) is 13.1 Å². The molecule has 1 aliphatic heterocycles. The van der Waals surface area contributed by atoms with Gasteiger partial charge in [0.25, 0.3) is 0 Å². The standard InChI is InChI=1S/C11H13ClFN/c1-7-2-3-9(13)10(11(7)12)8-4-5-14-6-8/h2-3,8,14H,4-6H2,1H3. The van der Waals surface area contributed by atoms with E-state index in [1.54, 1.807) is 6.07 Å². The van der Waals surface area contributed by atoms with Crippen LogP contribution in [-0.2, 0) is 0 Å². The predicted octanol–water partition coefficient (Wildman–Crippen LogP) is 2.86. The third kappa shape index (κ3) is 1.64. The zero-order valence-electron chi connectivity index (χ0n) is 8.11. The van der Waals surface area contributed by atoms with E-state index in [9.17, 15) is 4.39 Å². The average Bonchev–Trinajstić information content (AvgIpc) is 2.65. The molecule has 1 aromatic rings. The third-order valence-electron chi connectivity index (χ3n) is 2.79. The van der Waals surface area contributed by atoms with Gasteiger partial charge in [-0.3, -0.25) is 0 Å². The highest BCUT2D eigenvalue weighted by Gasteiger charge is 2.23. The van der Waals surface area contributed by atoms with Crippen LogP contribution in [0.1, 0.15) is 23.5 Å². The Balaban J connectivity index is 2.44. The summed E-state index contributed by atoms with van der Waals surface area (Å²) in [6.45, 7) is 3.70. The van der Waals surface area contributed by atoms with Crippen molar-refractivity contribution in [3.63, 3.8) is 0 Å². The van der Waals surface area contributed by atoms with Crippen LogP contribution >= 0.6 is 11.6 Å². The number of hydrogen-bond donors (Lipinski definition) is 1. The lowest BCUT2D eigenvalue weighted by atomic mass is 9.96. The largest absolute Gasteiger partial charge is 0.316 e. The molecule has 0 spiro atoms. The number of benzene rings is 1. The molecule has 0 aliphatic carbocycles. The molecule has 0 amide bonds. The Morgan fingerprint density at radius 3 is 2.93 bits per heavy atom. The van der Waals surface area contributed by atoms with Gasteiger partial charge in [0.2, 0.25) is 0 Å². The second-order valence-electron chi connectivity index (χ2n) is 3.78. The monoisotopic (exact) mass is 213 g/mol. The smallest absolute Gasteiger partial charge is 0.128 e. The molecule has 1 unspecified atom stereocenters. The van der Waals surface area contributed by atoms with Gasteiger partial charge in [-0.15, -0.1) is 0 Å². The maximum atomic E-state index is 13.6. The van der Waals surface area contributed by atoms with Gasteiger partial charge in [-0.1, -0.05) is 17.7 Å². The van der Waals surface area contributed by atoms with Crippen molar-refractivity contribution in [1.29, 1.82) is 0 Å². The molecule has 0 bridgehead atoms. The maximum Gasteiger partial charge on any atom is 0.128 e. The Labute approximate surface area is 88.3 Å². The Morgan fingerprint density at radius 1 is 1.50 bits per heavy atom. The first-order valence-electron chi connectivity index (χ1n) is 4.85. The van der Waals surface area contributed by atoms with Crippen molar-refractivity contribution in [3.05, 3.63) is 34.1 Å². The van der Waals surface area contributed by atoms with E-state index in [4.69, 9.17) is 11.6 Å². The van der Waals surface area contributed by atoms with Crippen LogP contribution in [0, 0.1) is 12.7 Å². The Kier molecular flexibility index (Phi) is 2.75. The summed E-state index contributed by atoms with van der Waals surface area (Å²) in [5.74, 6) is 0.0664. The lowest BCUT2D eigenvalue weighted by Gasteiger charge is -2.13. The molecule has 1 saturated heterocycles. The average molecular weight is 214 g/mol. The Morgan fingerprint density at radius 2 is 2.29 bits per heavy atom. The minimum atomic E-state index is -0.172. The molecule has 1 nitrogen and oxygen atoms in total. The highest BCUT2D eigenvalue weighted by molar-refractivity contribution is 6.32. The maximum absolute atomic E-state index is 13.6. The number of aryl methyl sites for hydroxylation is 1. The second kappa shape index (κ2) is 3.87. The summed E-state index contributed by atoms with van der Waals surface area (Å²) in [6, 6.07) is 3.23. The van der Waals surface area contributed by atoms with Crippen LogP contribution in [0.3, 0.4) is 0 Å². The summed E-state index contributed by atoms with van der Waals surface area (Å²) in [6.07, 6.45) is 0.972. The fourth-order valence-electron chi connectivity index (χ4n) is 1.95. The van der Waals surface area contributed by atoms with Crippen LogP contribution in [-0.4, -0.2) is 13.1 Å². The lowest BCUT2D eigenvalue weighted by Crippen LogP contribution is -2.09. The van der Waals surface area contributed by atoms with Gasteiger partial charge in [0.1, 0.15) is 5.82 Å². The molecular formula is C11H13ClFN. The number of rotatable bonds is 1. The molecule has 1 fully saturated rings. The molecule has 1 heterocycles. The molecule has 1 aliphatic rings. The minimum absolute atomic E-state index is 0.172. The van der Waals surface area contributed by atoms with E-state index < -0.39 is 0 Å². The highest BCUT2D eigenvalue weighted by atomic mass is 35.5. The lowest BCUT2D eigenvalue weighted by molar-refractivity contribution is 0.588. The predicted molar refractivity (Wildman–Crippen MR) is 56.4 cm³/mol. The third-order valence-corrected chi connectivity index (χ3v) is 3.29. The Hall–Kier alpha value is -0.600. The van der Waals surface area contributed by atoms with Gasteiger partial charge in [0.05, 0.1) is 0 Å². The quantitative estimate of drug-likeness (QED) is 0.757. The van der Waals surface area contributed by atoms with Crippen molar-refractivity contribution >= 4 is 11.6 Å². The summed E-state index contributed by atoms with van der Waals surface area (Å²) in [7, 11) is 0. The van der Waals surface area contributed by atoms with Gasteiger partial charge in [0, 0.05) is 23.0 Å². The van der Waals surface area contributed by atoms with E-state index >= 15 is 0 Å². The van der Waals surface area contributed by atoms with E-state index in [0.29, 0.717) is 10.6 Å². The molecule has 3 heteroatoms. The highest BCUT2D eigenvalue weighted by Crippen LogP contribution is 2.33. The summed E-state index contributed by atoms with van der Waals surface area (Å²) < 4.78 is 13.6. The van der Waals surface area contributed by atoms with Gasteiger partial charge in [-0.2, -0.15) is 0 Å². The van der Waals surface area contributed by atoms with E-state index in [2.05, 4.69) is 5.32 Å². The molecule has 0 saturated carbocycles. The van der Waals surface area contributed by atoms with Crippen molar-refractivity contribution in [1.82, 2.24) is 5.32 Å². The fourth-order valence-corrected chi connectivity index (χ4v) is 2.26. The van der Waals surface area contributed by atoms with Crippen LogP contribution in [0.2, 0.25) is 5.02 Å². The topological polar surface area (TPSA) is 12.0 Å². The van der Waals surface area contributed by atoms with E-state index in [1.807, 2.05) is 6.92 Å². The van der Waals surface area contributed by atoms with Gasteiger partial charge >= 0.3 is 0 Å². The molecule has 0 radical (unpaired) electrons. The number of nitrogens with one attached hydrogen (secondary N) is 1. The first-order valence-corrected chi connectivity index (χ1v) is 5.23. The molecule has 14 heavy (non-hydrogen) atoms. The van der Waals surface area contributed by atoms with Gasteiger partial charge < -0.3 is 5.32 Å². The summed E-state index contributed by atoms with van der Waals surface area (Å²) in [4.78, 5) is 0. The zero-order valence-corrected chi connectivity index (χ0v) is 8.87. The van der Waals surface area contributed by atoms with Gasteiger partial charge in [-0.05, 0) is 31.5 Å². The minimum Gasteiger partial charge on any atom is -0.316 e.